The summed E-state index contributed by atoms with van der Waals surface area (Å²) in [4.78, 5) is 0. The SMILES string of the molecule is CCCCCCCCCCOC1OCCCC1O. The predicted molar refractivity (Wildman–Crippen MR) is 73.5 cm³/mol. The summed E-state index contributed by atoms with van der Waals surface area (Å²) >= 11 is 0. The molecule has 0 aliphatic carbocycles. The Morgan fingerprint density at radius 2 is 1.72 bits per heavy atom. The molecular weight excluding hydrogens is 228 g/mol. The number of hydrogen-bond donors (Lipinski definition) is 1. The van der Waals surface area contributed by atoms with Crippen LogP contribution in [0.25, 0.3) is 0 Å². The topological polar surface area (TPSA) is 38.7 Å². The fourth-order valence-electron chi connectivity index (χ4n) is 2.33. The van der Waals surface area contributed by atoms with Crippen molar-refractivity contribution in [2.24, 2.45) is 0 Å². The molecule has 0 spiro atoms. The zero-order valence-corrected chi connectivity index (χ0v) is 11.9. The highest BCUT2D eigenvalue weighted by molar-refractivity contribution is 4.65. The van der Waals surface area contributed by atoms with Gasteiger partial charge in [-0.1, -0.05) is 51.9 Å². The highest BCUT2D eigenvalue weighted by Crippen LogP contribution is 2.15. The second-order valence-corrected chi connectivity index (χ2v) is 5.29. The first-order valence-corrected chi connectivity index (χ1v) is 7.76. The average Bonchev–Trinajstić information content (AvgIpc) is 2.39. The van der Waals surface area contributed by atoms with Crippen molar-refractivity contribution in [1.29, 1.82) is 0 Å². The molecule has 2 atom stereocenters. The number of hydrogen-bond acceptors (Lipinski definition) is 3. The monoisotopic (exact) mass is 258 g/mol. The molecule has 1 fully saturated rings. The van der Waals surface area contributed by atoms with Gasteiger partial charge in [0.2, 0.25) is 0 Å². The van der Waals surface area contributed by atoms with E-state index >= 15 is 0 Å². The fourth-order valence-corrected chi connectivity index (χ4v) is 2.33. The van der Waals surface area contributed by atoms with Gasteiger partial charge in [0.15, 0.2) is 6.29 Å². The predicted octanol–water partition coefficient (Wildman–Crippen LogP) is 3.64. The summed E-state index contributed by atoms with van der Waals surface area (Å²) in [5.41, 5.74) is 0. The molecule has 1 rings (SSSR count). The Hall–Kier alpha value is -0.120. The largest absolute Gasteiger partial charge is 0.388 e. The van der Waals surface area contributed by atoms with Gasteiger partial charge in [-0.05, 0) is 19.3 Å². The van der Waals surface area contributed by atoms with Crippen molar-refractivity contribution >= 4 is 0 Å². The van der Waals surface area contributed by atoms with Gasteiger partial charge in [0.1, 0.15) is 6.10 Å². The maximum atomic E-state index is 9.64. The standard InChI is InChI=1S/C15H30O3/c1-2-3-4-5-6-7-8-9-12-17-15-14(16)11-10-13-18-15/h14-16H,2-13H2,1H3. The number of rotatable bonds is 10. The lowest BCUT2D eigenvalue weighted by atomic mass is 10.1. The van der Waals surface area contributed by atoms with Gasteiger partial charge >= 0.3 is 0 Å². The van der Waals surface area contributed by atoms with Crippen molar-refractivity contribution in [3.8, 4) is 0 Å². The molecule has 1 N–H and O–H groups in total. The van der Waals surface area contributed by atoms with Crippen LogP contribution in [0.5, 0.6) is 0 Å². The first kappa shape index (κ1) is 15.9. The maximum absolute atomic E-state index is 9.64. The second kappa shape index (κ2) is 10.8. The molecule has 0 aromatic heterocycles. The van der Waals surface area contributed by atoms with Crippen LogP contribution in [0.2, 0.25) is 0 Å². The highest BCUT2D eigenvalue weighted by Gasteiger charge is 2.23. The summed E-state index contributed by atoms with van der Waals surface area (Å²) in [5, 5.41) is 9.64. The molecule has 108 valence electrons. The number of ether oxygens (including phenoxy) is 2. The van der Waals surface area contributed by atoms with Crippen molar-refractivity contribution in [2.75, 3.05) is 13.2 Å². The molecule has 0 amide bonds. The Morgan fingerprint density at radius 3 is 2.39 bits per heavy atom. The maximum Gasteiger partial charge on any atom is 0.183 e. The van der Waals surface area contributed by atoms with E-state index in [9.17, 15) is 5.11 Å². The van der Waals surface area contributed by atoms with Crippen LogP contribution >= 0.6 is 0 Å². The number of unbranched alkanes of at least 4 members (excludes halogenated alkanes) is 7. The molecule has 0 aromatic rings. The Balaban J connectivity index is 1.83. The first-order valence-electron chi connectivity index (χ1n) is 7.76. The van der Waals surface area contributed by atoms with E-state index in [0.29, 0.717) is 0 Å². The fraction of sp³-hybridized carbons (Fsp3) is 1.00. The molecule has 3 nitrogen and oxygen atoms in total. The number of aliphatic hydroxyl groups is 1. The van der Waals surface area contributed by atoms with E-state index in [-0.39, 0.29) is 6.29 Å². The van der Waals surface area contributed by atoms with Gasteiger partial charge in [-0.25, -0.2) is 0 Å². The average molecular weight is 258 g/mol. The molecule has 0 saturated carbocycles. The van der Waals surface area contributed by atoms with E-state index in [4.69, 9.17) is 9.47 Å². The van der Waals surface area contributed by atoms with Crippen molar-refractivity contribution in [1.82, 2.24) is 0 Å². The van der Waals surface area contributed by atoms with Gasteiger partial charge in [0.05, 0.1) is 0 Å². The summed E-state index contributed by atoms with van der Waals surface area (Å²) < 4.78 is 11.0. The first-order chi connectivity index (χ1) is 8.84. The van der Waals surface area contributed by atoms with Crippen molar-refractivity contribution in [3.63, 3.8) is 0 Å². The summed E-state index contributed by atoms with van der Waals surface area (Å²) in [5.74, 6) is 0. The molecule has 18 heavy (non-hydrogen) atoms. The van der Waals surface area contributed by atoms with Gasteiger partial charge < -0.3 is 14.6 Å². The lowest BCUT2D eigenvalue weighted by Gasteiger charge is -2.27. The third-order valence-electron chi connectivity index (χ3n) is 3.52. The van der Waals surface area contributed by atoms with Crippen LogP contribution in [0.1, 0.15) is 71.1 Å². The normalized spacial score (nSPS) is 24.3. The molecule has 1 heterocycles. The van der Waals surface area contributed by atoms with Gasteiger partial charge in [0, 0.05) is 13.2 Å². The van der Waals surface area contributed by atoms with E-state index in [1.165, 1.54) is 44.9 Å². The van der Waals surface area contributed by atoms with Crippen molar-refractivity contribution in [3.05, 3.63) is 0 Å². The zero-order chi connectivity index (χ0) is 13.1. The third-order valence-corrected chi connectivity index (χ3v) is 3.52. The van der Waals surface area contributed by atoms with Gasteiger partial charge in [0.25, 0.3) is 0 Å². The van der Waals surface area contributed by atoms with E-state index in [1.54, 1.807) is 0 Å². The van der Waals surface area contributed by atoms with E-state index in [0.717, 1.165) is 32.5 Å². The van der Waals surface area contributed by atoms with Crippen LogP contribution in [0.15, 0.2) is 0 Å². The van der Waals surface area contributed by atoms with Crippen LogP contribution in [0.4, 0.5) is 0 Å². The molecule has 2 unspecified atom stereocenters. The molecule has 1 aliphatic rings. The van der Waals surface area contributed by atoms with E-state index in [1.807, 2.05) is 0 Å². The van der Waals surface area contributed by atoms with E-state index < -0.39 is 6.10 Å². The summed E-state index contributed by atoms with van der Waals surface area (Å²) in [7, 11) is 0. The lowest BCUT2D eigenvalue weighted by Crippen LogP contribution is -2.36. The third kappa shape index (κ3) is 7.34. The van der Waals surface area contributed by atoms with Crippen LogP contribution in [-0.4, -0.2) is 30.7 Å². The van der Waals surface area contributed by atoms with Crippen LogP contribution in [0, 0.1) is 0 Å². The molecule has 3 heteroatoms. The van der Waals surface area contributed by atoms with Crippen molar-refractivity contribution in [2.45, 2.75) is 83.5 Å². The van der Waals surface area contributed by atoms with Crippen molar-refractivity contribution < 1.29 is 14.6 Å². The Labute approximate surface area is 112 Å². The Morgan fingerprint density at radius 1 is 1.06 bits per heavy atom. The van der Waals surface area contributed by atoms with Crippen LogP contribution in [-0.2, 0) is 9.47 Å². The van der Waals surface area contributed by atoms with E-state index in [2.05, 4.69) is 6.92 Å². The summed E-state index contributed by atoms with van der Waals surface area (Å²) in [6.45, 7) is 3.69. The highest BCUT2D eigenvalue weighted by atomic mass is 16.7. The van der Waals surface area contributed by atoms with Gasteiger partial charge in [-0.3, -0.25) is 0 Å². The zero-order valence-electron chi connectivity index (χ0n) is 11.9. The molecule has 1 saturated heterocycles. The lowest BCUT2D eigenvalue weighted by molar-refractivity contribution is -0.214. The Kier molecular flexibility index (Phi) is 9.54. The smallest absolute Gasteiger partial charge is 0.183 e. The minimum atomic E-state index is -0.423. The summed E-state index contributed by atoms with van der Waals surface area (Å²) in [6.07, 6.45) is 11.4. The quantitative estimate of drug-likeness (QED) is 0.608. The molecule has 0 aromatic carbocycles. The van der Waals surface area contributed by atoms with Gasteiger partial charge in [-0.15, -0.1) is 0 Å². The number of aliphatic hydroxyl groups excluding tert-OH is 1. The summed E-state index contributed by atoms with van der Waals surface area (Å²) in [6, 6.07) is 0. The van der Waals surface area contributed by atoms with Gasteiger partial charge in [-0.2, -0.15) is 0 Å². The molecule has 0 bridgehead atoms. The van der Waals surface area contributed by atoms with Crippen LogP contribution < -0.4 is 0 Å². The Bertz CT molecular complexity index is 185. The minimum absolute atomic E-state index is 0.372. The minimum Gasteiger partial charge on any atom is -0.388 e. The second-order valence-electron chi connectivity index (χ2n) is 5.29. The molecular formula is C15H30O3. The molecule has 0 radical (unpaired) electrons. The van der Waals surface area contributed by atoms with Crippen LogP contribution in [0.3, 0.4) is 0 Å². The molecule has 1 aliphatic heterocycles.